The Morgan fingerprint density at radius 1 is 1.10 bits per heavy atom. The van der Waals surface area contributed by atoms with E-state index in [9.17, 15) is 14.7 Å². The van der Waals surface area contributed by atoms with Crippen molar-refractivity contribution in [2.24, 2.45) is 0 Å². The number of β-amino-alcohol motifs (C(OH)–C–C–N with tert-alkyl or cyclic N) is 1. The zero-order valence-electron chi connectivity index (χ0n) is 16.1. The fraction of sp³-hybridized carbons (Fsp3) is 0.364. The number of nitrogens with zero attached hydrogens (tertiary/aromatic N) is 2. The van der Waals surface area contributed by atoms with Crippen LogP contribution in [0.1, 0.15) is 31.8 Å². The summed E-state index contributed by atoms with van der Waals surface area (Å²) < 4.78 is 5.59. The van der Waals surface area contributed by atoms with Crippen molar-refractivity contribution in [1.82, 2.24) is 9.80 Å². The summed E-state index contributed by atoms with van der Waals surface area (Å²) in [6, 6.07) is 12.6. The van der Waals surface area contributed by atoms with Crippen LogP contribution in [0.3, 0.4) is 0 Å². The first-order valence-corrected chi connectivity index (χ1v) is 9.78. The van der Waals surface area contributed by atoms with Gasteiger partial charge in [-0.1, -0.05) is 24.3 Å². The second-order valence-corrected chi connectivity index (χ2v) is 7.52. The summed E-state index contributed by atoms with van der Waals surface area (Å²) >= 11 is 0. The zero-order valence-corrected chi connectivity index (χ0v) is 16.1. The molecule has 2 aliphatic rings. The highest BCUT2D eigenvalue weighted by Crippen LogP contribution is 2.25. The maximum Gasteiger partial charge on any atom is 0.335 e. The summed E-state index contributed by atoms with van der Waals surface area (Å²) in [5.41, 5.74) is 3.05. The average molecular weight is 396 g/mol. The summed E-state index contributed by atoms with van der Waals surface area (Å²) in [5, 5.41) is 19.7. The summed E-state index contributed by atoms with van der Waals surface area (Å²) in [6.45, 7) is 2.97. The topological polar surface area (TPSA) is 90.3 Å². The van der Waals surface area contributed by atoms with Gasteiger partial charge in [0.25, 0.3) is 5.91 Å². The molecule has 2 aromatic rings. The maximum atomic E-state index is 12.9. The van der Waals surface area contributed by atoms with E-state index in [0.29, 0.717) is 18.7 Å². The summed E-state index contributed by atoms with van der Waals surface area (Å²) in [5.74, 6) is -1.04. The molecule has 2 N–H and O–H groups in total. The van der Waals surface area contributed by atoms with Crippen LogP contribution in [0.25, 0.3) is 0 Å². The van der Waals surface area contributed by atoms with Crippen LogP contribution in [0, 0.1) is 0 Å². The van der Waals surface area contributed by atoms with E-state index in [4.69, 9.17) is 9.84 Å². The van der Waals surface area contributed by atoms with Gasteiger partial charge in [0, 0.05) is 26.2 Å². The molecular formula is C22H24N2O5. The van der Waals surface area contributed by atoms with Crippen molar-refractivity contribution in [2.45, 2.75) is 19.1 Å². The van der Waals surface area contributed by atoms with Crippen LogP contribution < -0.4 is 4.74 Å². The third-order valence-corrected chi connectivity index (χ3v) is 5.47. The number of carbonyl (C=O) groups excluding carboxylic acids is 1. The first-order valence-electron chi connectivity index (χ1n) is 9.78. The predicted octanol–water partition coefficient (Wildman–Crippen LogP) is 1.64. The maximum absolute atomic E-state index is 12.9. The lowest BCUT2D eigenvalue weighted by molar-refractivity contribution is 0.0501. The van der Waals surface area contributed by atoms with Gasteiger partial charge in [0.1, 0.15) is 12.4 Å². The normalized spacial score (nSPS) is 17.7. The summed E-state index contributed by atoms with van der Waals surface area (Å²) in [6.07, 6.45) is 0.280. The first kappa shape index (κ1) is 19.4. The van der Waals surface area contributed by atoms with Gasteiger partial charge in [-0.3, -0.25) is 9.69 Å². The lowest BCUT2D eigenvalue weighted by atomic mass is 10.00. The van der Waals surface area contributed by atoms with Gasteiger partial charge in [0.15, 0.2) is 0 Å². The molecule has 1 amide bonds. The average Bonchev–Trinajstić information content (AvgIpc) is 2.86. The number of hydrogen-bond acceptors (Lipinski definition) is 5. The molecule has 0 aliphatic carbocycles. The van der Waals surface area contributed by atoms with Gasteiger partial charge in [-0.05, 0) is 35.7 Å². The van der Waals surface area contributed by atoms with Crippen molar-refractivity contribution >= 4 is 11.9 Å². The molecule has 29 heavy (non-hydrogen) atoms. The van der Waals surface area contributed by atoms with Crippen molar-refractivity contribution in [3.63, 3.8) is 0 Å². The van der Waals surface area contributed by atoms with Gasteiger partial charge in [-0.15, -0.1) is 0 Å². The highest BCUT2D eigenvalue weighted by atomic mass is 16.5. The molecule has 1 atom stereocenters. The molecule has 0 aromatic heterocycles. The van der Waals surface area contributed by atoms with Crippen LogP contribution in [0.5, 0.6) is 5.75 Å². The molecule has 0 fully saturated rings. The van der Waals surface area contributed by atoms with Crippen molar-refractivity contribution in [3.05, 3.63) is 64.7 Å². The highest BCUT2D eigenvalue weighted by Gasteiger charge is 2.27. The van der Waals surface area contributed by atoms with Gasteiger partial charge < -0.3 is 19.8 Å². The van der Waals surface area contributed by atoms with Gasteiger partial charge in [-0.25, -0.2) is 4.79 Å². The van der Waals surface area contributed by atoms with E-state index in [-0.39, 0.29) is 30.4 Å². The monoisotopic (exact) mass is 396 g/mol. The van der Waals surface area contributed by atoms with Crippen LogP contribution in [-0.2, 0) is 13.0 Å². The minimum atomic E-state index is -1.07. The number of benzene rings is 2. The Labute approximate surface area is 169 Å². The minimum absolute atomic E-state index is 0.0791. The van der Waals surface area contributed by atoms with Gasteiger partial charge in [-0.2, -0.15) is 0 Å². The van der Waals surface area contributed by atoms with Gasteiger partial charge in [0.2, 0.25) is 0 Å². The molecule has 0 spiro atoms. The van der Waals surface area contributed by atoms with E-state index < -0.39 is 12.1 Å². The Bertz CT molecular complexity index is 929. The first-order chi connectivity index (χ1) is 14.0. The second-order valence-electron chi connectivity index (χ2n) is 7.52. The molecule has 2 heterocycles. The van der Waals surface area contributed by atoms with Crippen molar-refractivity contribution in [2.75, 3.05) is 32.8 Å². The number of amides is 1. The van der Waals surface area contributed by atoms with Crippen molar-refractivity contribution < 1.29 is 24.5 Å². The SMILES string of the molecule is O=C(O)c1ccc2c(c1)OCCN(C[C@H](O)CN1CCc3ccccc3C1)C2=O. The number of carboxylic acid groups (broad SMARTS) is 1. The molecule has 0 radical (unpaired) electrons. The molecular weight excluding hydrogens is 372 g/mol. The number of aliphatic hydroxyl groups is 1. The molecule has 7 nitrogen and oxygen atoms in total. The molecule has 2 aliphatic heterocycles. The van der Waals surface area contributed by atoms with Crippen LogP contribution in [0.4, 0.5) is 0 Å². The molecule has 4 rings (SSSR count). The highest BCUT2D eigenvalue weighted by molar-refractivity contribution is 5.99. The minimum Gasteiger partial charge on any atom is -0.491 e. The Morgan fingerprint density at radius 2 is 1.90 bits per heavy atom. The van der Waals surface area contributed by atoms with Crippen molar-refractivity contribution in [3.8, 4) is 5.75 Å². The Hall–Kier alpha value is -2.90. The molecule has 2 aromatic carbocycles. The molecule has 0 saturated heterocycles. The van der Waals surface area contributed by atoms with Gasteiger partial charge >= 0.3 is 5.97 Å². The van der Waals surface area contributed by atoms with Crippen LogP contribution in [0.2, 0.25) is 0 Å². The molecule has 0 saturated carbocycles. The Kier molecular flexibility index (Phi) is 5.51. The van der Waals surface area contributed by atoms with E-state index >= 15 is 0 Å². The molecule has 0 unspecified atom stereocenters. The predicted molar refractivity (Wildman–Crippen MR) is 106 cm³/mol. The second kappa shape index (κ2) is 8.23. The number of fused-ring (bicyclic) bond motifs is 2. The third kappa shape index (κ3) is 4.26. The van der Waals surface area contributed by atoms with E-state index in [1.165, 1.54) is 29.3 Å². The van der Waals surface area contributed by atoms with Crippen LogP contribution in [-0.4, -0.2) is 70.8 Å². The third-order valence-electron chi connectivity index (χ3n) is 5.47. The molecule has 0 bridgehead atoms. The lowest BCUT2D eigenvalue weighted by Crippen LogP contribution is -2.44. The lowest BCUT2D eigenvalue weighted by Gasteiger charge is -2.32. The smallest absolute Gasteiger partial charge is 0.335 e. The van der Waals surface area contributed by atoms with Crippen LogP contribution in [0.15, 0.2) is 42.5 Å². The van der Waals surface area contributed by atoms with Gasteiger partial charge in [0.05, 0.1) is 23.8 Å². The van der Waals surface area contributed by atoms with E-state index in [0.717, 1.165) is 19.5 Å². The number of aliphatic hydroxyl groups excluding tert-OH is 1. The van der Waals surface area contributed by atoms with Crippen molar-refractivity contribution in [1.29, 1.82) is 0 Å². The largest absolute Gasteiger partial charge is 0.491 e. The summed E-state index contributed by atoms with van der Waals surface area (Å²) in [7, 11) is 0. The number of aromatic carboxylic acids is 1. The van der Waals surface area contributed by atoms with Crippen LogP contribution >= 0.6 is 0 Å². The zero-order chi connectivity index (χ0) is 20.4. The fourth-order valence-electron chi connectivity index (χ4n) is 3.98. The van der Waals surface area contributed by atoms with E-state index in [2.05, 4.69) is 17.0 Å². The fourth-order valence-corrected chi connectivity index (χ4v) is 3.98. The number of rotatable bonds is 5. The molecule has 152 valence electrons. The Morgan fingerprint density at radius 3 is 2.69 bits per heavy atom. The summed E-state index contributed by atoms with van der Waals surface area (Å²) in [4.78, 5) is 27.8. The molecule has 7 heteroatoms. The van der Waals surface area contributed by atoms with E-state index in [1.54, 1.807) is 4.90 Å². The number of hydrogen-bond donors (Lipinski definition) is 2. The number of carbonyl (C=O) groups is 2. The number of carboxylic acids is 1. The van der Waals surface area contributed by atoms with E-state index in [1.807, 2.05) is 12.1 Å². The standard InChI is InChI=1S/C22H24N2O5/c25-18(13-23-8-7-15-3-1-2-4-17(15)12-23)14-24-9-10-29-20-11-16(22(27)28)5-6-19(20)21(24)26/h1-6,11,18,25H,7-10,12-14H2,(H,27,28)/t18-/m1/s1. The number of ether oxygens (including phenoxy) is 1. The quantitative estimate of drug-likeness (QED) is 0.799. The Balaban J connectivity index is 1.40.